The van der Waals surface area contributed by atoms with E-state index in [-0.39, 0.29) is 18.0 Å². The van der Waals surface area contributed by atoms with Crippen LogP contribution in [0.3, 0.4) is 0 Å². The molecule has 0 aliphatic carbocycles. The number of urea groups is 1. The molecule has 0 radical (unpaired) electrons. The molecule has 0 unspecified atom stereocenters. The molecular weight excluding hydrogens is 312 g/mol. The Morgan fingerprint density at radius 1 is 1.17 bits per heavy atom. The smallest absolute Gasteiger partial charge is 0.319 e. The molecule has 0 saturated heterocycles. The Hall–Kier alpha value is -2.21. The summed E-state index contributed by atoms with van der Waals surface area (Å²) in [5.74, 6) is 1.51. The largest absolute Gasteiger partial charge is 0.497 e. The Bertz CT molecular complexity index is 641. The van der Waals surface area contributed by atoms with Crippen molar-refractivity contribution in [2.45, 2.75) is 19.9 Å². The van der Waals surface area contributed by atoms with Gasteiger partial charge in [0.2, 0.25) is 0 Å². The molecule has 0 aliphatic heterocycles. The van der Waals surface area contributed by atoms with Gasteiger partial charge in [0.05, 0.1) is 25.9 Å². The molecule has 124 valence electrons. The summed E-state index contributed by atoms with van der Waals surface area (Å²) in [6.07, 6.45) is 0. The molecule has 2 rings (SSSR count). The Balaban J connectivity index is 2.09. The van der Waals surface area contributed by atoms with Crippen molar-refractivity contribution in [3.05, 3.63) is 40.6 Å². The third-order valence-corrected chi connectivity index (χ3v) is 4.42. The lowest BCUT2D eigenvalue weighted by atomic mass is 10.0. The topological polar surface area (TPSA) is 59.6 Å². The standard InChI is InChI=1S/C17H22N2O3S/c1-11(2)16(15-6-5-9-23-15)19-17(20)18-13-8-7-12(21-3)10-14(13)22-4/h5-11,16H,1-4H3,(H2,18,19,20)/t16-/m1/s1. The first-order chi connectivity index (χ1) is 11.0. The molecule has 2 N–H and O–H groups in total. The molecule has 0 saturated carbocycles. The minimum absolute atomic E-state index is 0.0285. The highest BCUT2D eigenvalue weighted by Crippen LogP contribution is 2.30. The molecule has 1 atom stereocenters. The minimum atomic E-state index is -0.263. The van der Waals surface area contributed by atoms with Crippen LogP contribution in [0.5, 0.6) is 11.5 Å². The minimum Gasteiger partial charge on any atom is -0.497 e. The van der Waals surface area contributed by atoms with Crippen molar-refractivity contribution in [2.75, 3.05) is 19.5 Å². The molecule has 0 bridgehead atoms. The summed E-state index contributed by atoms with van der Waals surface area (Å²) in [4.78, 5) is 13.5. The first-order valence-corrected chi connectivity index (χ1v) is 8.26. The van der Waals surface area contributed by atoms with Gasteiger partial charge in [0.15, 0.2) is 0 Å². The molecule has 2 amide bonds. The van der Waals surface area contributed by atoms with E-state index in [1.165, 1.54) is 0 Å². The lowest BCUT2D eigenvalue weighted by molar-refractivity contribution is 0.245. The molecule has 1 aromatic heterocycles. The van der Waals surface area contributed by atoms with Crippen LogP contribution in [0.15, 0.2) is 35.7 Å². The highest BCUT2D eigenvalue weighted by Gasteiger charge is 2.20. The van der Waals surface area contributed by atoms with Crippen molar-refractivity contribution in [3.63, 3.8) is 0 Å². The zero-order chi connectivity index (χ0) is 16.8. The number of anilines is 1. The Morgan fingerprint density at radius 3 is 2.52 bits per heavy atom. The van der Waals surface area contributed by atoms with Gasteiger partial charge in [-0.2, -0.15) is 0 Å². The van der Waals surface area contributed by atoms with Gasteiger partial charge in [0.25, 0.3) is 0 Å². The second-order valence-corrected chi connectivity index (χ2v) is 6.38. The summed E-state index contributed by atoms with van der Waals surface area (Å²) in [7, 11) is 3.14. The second-order valence-electron chi connectivity index (χ2n) is 5.40. The maximum absolute atomic E-state index is 12.3. The average molecular weight is 334 g/mol. The van der Waals surface area contributed by atoms with Crippen LogP contribution in [0, 0.1) is 5.92 Å². The highest BCUT2D eigenvalue weighted by atomic mass is 32.1. The molecule has 0 fully saturated rings. The van der Waals surface area contributed by atoms with Gasteiger partial charge >= 0.3 is 6.03 Å². The van der Waals surface area contributed by atoms with Gasteiger partial charge in [-0.15, -0.1) is 11.3 Å². The quantitative estimate of drug-likeness (QED) is 0.829. The molecule has 2 aromatic rings. The zero-order valence-corrected chi connectivity index (χ0v) is 14.6. The van der Waals surface area contributed by atoms with Crippen molar-refractivity contribution < 1.29 is 14.3 Å². The summed E-state index contributed by atoms with van der Waals surface area (Å²) in [5, 5.41) is 7.87. The lowest BCUT2D eigenvalue weighted by Gasteiger charge is -2.22. The highest BCUT2D eigenvalue weighted by molar-refractivity contribution is 7.10. The van der Waals surface area contributed by atoms with Gasteiger partial charge in [-0.3, -0.25) is 0 Å². The maximum Gasteiger partial charge on any atom is 0.319 e. The Kier molecular flexibility index (Phi) is 5.87. The number of thiophene rings is 1. The molecule has 0 aliphatic rings. The third kappa shape index (κ3) is 4.39. The van der Waals surface area contributed by atoms with Crippen LogP contribution in [-0.4, -0.2) is 20.3 Å². The number of rotatable bonds is 6. The maximum atomic E-state index is 12.3. The van der Waals surface area contributed by atoms with Gasteiger partial charge in [0.1, 0.15) is 11.5 Å². The molecule has 5 nitrogen and oxygen atoms in total. The van der Waals surface area contributed by atoms with Crippen LogP contribution >= 0.6 is 11.3 Å². The number of hydrogen-bond donors (Lipinski definition) is 2. The molecule has 23 heavy (non-hydrogen) atoms. The summed E-state index contributed by atoms with van der Waals surface area (Å²) in [6.45, 7) is 4.16. The van der Waals surface area contributed by atoms with E-state index in [1.54, 1.807) is 43.8 Å². The van der Waals surface area contributed by atoms with Crippen molar-refractivity contribution in [2.24, 2.45) is 5.92 Å². The van der Waals surface area contributed by atoms with Crippen molar-refractivity contribution in [1.82, 2.24) is 5.32 Å². The molecule has 1 aromatic carbocycles. The van der Waals surface area contributed by atoms with E-state index in [9.17, 15) is 4.79 Å². The van der Waals surface area contributed by atoms with E-state index >= 15 is 0 Å². The first kappa shape index (κ1) is 17.1. The predicted molar refractivity (Wildman–Crippen MR) is 93.6 cm³/mol. The number of carbonyl (C=O) groups is 1. The number of hydrogen-bond acceptors (Lipinski definition) is 4. The van der Waals surface area contributed by atoms with Gasteiger partial charge in [0, 0.05) is 10.9 Å². The third-order valence-electron chi connectivity index (χ3n) is 3.46. The van der Waals surface area contributed by atoms with Gasteiger partial charge in [-0.1, -0.05) is 19.9 Å². The molecular formula is C17H22N2O3S. The fourth-order valence-electron chi connectivity index (χ4n) is 2.24. The molecule has 0 spiro atoms. The Morgan fingerprint density at radius 2 is 1.96 bits per heavy atom. The van der Waals surface area contributed by atoms with Gasteiger partial charge in [-0.05, 0) is 29.5 Å². The number of ether oxygens (including phenoxy) is 2. The first-order valence-electron chi connectivity index (χ1n) is 7.38. The van der Waals surface area contributed by atoms with Gasteiger partial charge < -0.3 is 20.1 Å². The van der Waals surface area contributed by atoms with E-state index in [1.807, 2.05) is 17.5 Å². The van der Waals surface area contributed by atoms with E-state index in [2.05, 4.69) is 24.5 Å². The SMILES string of the molecule is COc1ccc(NC(=O)N[C@@H](c2cccs2)C(C)C)c(OC)c1. The molecule has 1 heterocycles. The monoisotopic (exact) mass is 334 g/mol. The van der Waals surface area contributed by atoms with Crippen LogP contribution in [0.4, 0.5) is 10.5 Å². The van der Waals surface area contributed by atoms with E-state index in [0.717, 1.165) is 4.88 Å². The average Bonchev–Trinajstić information content (AvgIpc) is 3.06. The summed E-state index contributed by atoms with van der Waals surface area (Å²) in [6, 6.07) is 8.99. The number of carbonyl (C=O) groups excluding carboxylic acids is 1. The lowest BCUT2D eigenvalue weighted by Crippen LogP contribution is -2.34. The van der Waals surface area contributed by atoms with E-state index in [0.29, 0.717) is 17.2 Å². The van der Waals surface area contributed by atoms with Crippen LogP contribution in [-0.2, 0) is 0 Å². The normalized spacial score (nSPS) is 11.9. The van der Waals surface area contributed by atoms with Crippen molar-refractivity contribution in [1.29, 1.82) is 0 Å². The summed E-state index contributed by atoms with van der Waals surface area (Å²) >= 11 is 1.64. The van der Waals surface area contributed by atoms with Gasteiger partial charge in [-0.25, -0.2) is 4.79 Å². The Labute approximate surface area is 140 Å². The van der Waals surface area contributed by atoms with Crippen molar-refractivity contribution in [3.8, 4) is 11.5 Å². The van der Waals surface area contributed by atoms with Crippen LogP contribution in [0.1, 0.15) is 24.8 Å². The zero-order valence-electron chi connectivity index (χ0n) is 13.8. The summed E-state index contributed by atoms with van der Waals surface area (Å²) < 4.78 is 10.4. The fraction of sp³-hybridized carbons (Fsp3) is 0.353. The van der Waals surface area contributed by atoms with E-state index < -0.39 is 0 Å². The van der Waals surface area contributed by atoms with E-state index in [4.69, 9.17) is 9.47 Å². The number of benzene rings is 1. The van der Waals surface area contributed by atoms with Crippen LogP contribution in [0.2, 0.25) is 0 Å². The number of amides is 2. The molecule has 6 heteroatoms. The second kappa shape index (κ2) is 7.87. The summed E-state index contributed by atoms with van der Waals surface area (Å²) in [5.41, 5.74) is 0.597. The van der Waals surface area contributed by atoms with Crippen LogP contribution < -0.4 is 20.1 Å². The number of nitrogens with one attached hydrogen (secondary N) is 2. The van der Waals surface area contributed by atoms with Crippen LogP contribution in [0.25, 0.3) is 0 Å². The fourth-order valence-corrected chi connectivity index (χ4v) is 3.19. The van der Waals surface area contributed by atoms with Crippen molar-refractivity contribution >= 4 is 23.1 Å². The predicted octanol–water partition coefficient (Wildman–Crippen LogP) is 4.28. The number of methoxy groups -OCH3 is 2.